The van der Waals surface area contributed by atoms with Crippen LogP contribution in [-0.4, -0.2) is 0 Å². The number of thiophene rings is 1. The van der Waals surface area contributed by atoms with Gasteiger partial charge in [0.15, 0.2) is 0 Å². The van der Waals surface area contributed by atoms with Crippen LogP contribution in [0.2, 0.25) is 0 Å². The summed E-state index contributed by atoms with van der Waals surface area (Å²) in [5, 5.41) is 2.55. The molecule has 0 amide bonds. The summed E-state index contributed by atoms with van der Waals surface area (Å²) in [5.74, 6) is 0.618. The van der Waals surface area contributed by atoms with Crippen molar-refractivity contribution in [2.75, 3.05) is 0 Å². The number of fused-ring (bicyclic) bond motifs is 1. The zero-order valence-corrected chi connectivity index (χ0v) is 14.4. The first-order valence-electron chi connectivity index (χ1n) is 7.10. The van der Waals surface area contributed by atoms with E-state index in [4.69, 9.17) is 4.42 Å². The van der Waals surface area contributed by atoms with E-state index in [1.807, 2.05) is 66.0 Å². The van der Waals surface area contributed by atoms with Crippen LogP contribution in [0.4, 0.5) is 0 Å². The molecule has 0 aliphatic carbocycles. The van der Waals surface area contributed by atoms with Gasteiger partial charge in [-0.15, -0.1) is 11.3 Å². The number of hydrogen-bond acceptors (Lipinski definition) is 3. The van der Waals surface area contributed by atoms with Gasteiger partial charge in [-0.1, -0.05) is 52.3 Å². The van der Waals surface area contributed by atoms with Crippen LogP contribution in [0.1, 0.15) is 0 Å². The third-order valence-corrected chi connectivity index (χ3v) is 5.04. The monoisotopic (exact) mass is 382 g/mol. The standard InChI is InChI=1S/C19H11BrO2S/c20-13-8-9-15-14(11-13)18(21)17(16-7-4-10-23-16)19(22-15)12-5-2-1-3-6-12/h1-11H. The van der Waals surface area contributed by atoms with Crippen LogP contribution in [-0.2, 0) is 0 Å². The molecule has 0 N–H and O–H groups in total. The molecule has 4 heteroatoms. The van der Waals surface area contributed by atoms with E-state index < -0.39 is 0 Å². The topological polar surface area (TPSA) is 30.2 Å². The first-order chi connectivity index (χ1) is 11.2. The average molecular weight is 383 g/mol. The van der Waals surface area contributed by atoms with E-state index in [9.17, 15) is 4.79 Å². The fraction of sp³-hybridized carbons (Fsp3) is 0. The van der Waals surface area contributed by atoms with Crippen molar-refractivity contribution in [3.05, 3.63) is 80.7 Å². The summed E-state index contributed by atoms with van der Waals surface area (Å²) in [5.41, 5.74) is 2.11. The molecule has 0 aliphatic heterocycles. The maximum atomic E-state index is 13.1. The van der Waals surface area contributed by atoms with Gasteiger partial charge in [0, 0.05) is 14.9 Å². The summed E-state index contributed by atoms with van der Waals surface area (Å²) in [7, 11) is 0. The van der Waals surface area contributed by atoms with E-state index in [2.05, 4.69) is 15.9 Å². The van der Waals surface area contributed by atoms with Gasteiger partial charge >= 0.3 is 0 Å². The molecule has 4 aromatic rings. The van der Waals surface area contributed by atoms with Crippen molar-refractivity contribution in [1.82, 2.24) is 0 Å². The summed E-state index contributed by atoms with van der Waals surface area (Å²) >= 11 is 4.97. The van der Waals surface area contributed by atoms with Crippen LogP contribution in [0.25, 0.3) is 32.7 Å². The second kappa shape index (κ2) is 5.80. The SMILES string of the molecule is O=c1c(-c2cccs2)c(-c2ccccc2)oc2ccc(Br)cc12. The first-order valence-corrected chi connectivity index (χ1v) is 8.77. The predicted octanol–water partition coefficient (Wildman–Crippen LogP) is 5.95. The van der Waals surface area contributed by atoms with E-state index in [-0.39, 0.29) is 5.43 Å². The second-order valence-electron chi connectivity index (χ2n) is 5.12. The Kier molecular flexibility index (Phi) is 3.63. The van der Waals surface area contributed by atoms with Crippen LogP contribution >= 0.6 is 27.3 Å². The highest BCUT2D eigenvalue weighted by Crippen LogP contribution is 2.35. The second-order valence-corrected chi connectivity index (χ2v) is 6.98. The summed E-state index contributed by atoms with van der Waals surface area (Å²) in [6.07, 6.45) is 0. The van der Waals surface area contributed by atoms with Crippen molar-refractivity contribution in [2.45, 2.75) is 0 Å². The Balaban J connectivity index is 2.14. The van der Waals surface area contributed by atoms with Gasteiger partial charge in [0.2, 0.25) is 5.43 Å². The number of rotatable bonds is 2. The Morgan fingerprint density at radius 3 is 2.52 bits per heavy atom. The molecule has 0 saturated carbocycles. The fourth-order valence-corrected chi connectivity index (χ4v) is 3.73. The minimum atomic E-state index is -0.00569. The summed E-state index contributed by atoms with van der Waals surface area (Å²) in [6.45, 7) is 0. The number of hydrogen-bond donors (Lipinski definition) is 0. The third-order valence-electron chi connectivity index (χ3n) is 3.66. The Hall–Kier alpha value is -2.17. The molecule has 4 rings (SSSR count). The lowest BCUT2D eigenvalue weighted by Gasteiger charge is -2.09. The molecule has 0 bridgehead atoms. The molecule has 0 unspecified atom stereocenters. The third kappa shape index (κ3) is 2.54. The lowest BCUT2D eigenvalue weighted by Crippen LogP contribution is -2.06. The number of benzene rings is 2. The minimum Gasteiger partial charge on any atom is -0.455 e. The van der Waals surface area contributed by atoms with Crippen LogP contribution in [0.5, 0.6) is 0 Å². The van der Waals surface area contributed by atoms with Gasteiger partial charge in [-0.25, -0.2) is 0 Å². The van der Waals surface area contributed by atoms with E-state index in [0.29, 0.717) is 22.3 Å². The van der Waals surface area contributed by atoms with Crippen LogP contribution < -0.4 is 5.43 Å². The molecule has 0 saturated heterocycles. The average Bonchev–Trinajstić information content (AvgIpc) is 3.10. The van der Waals surface area contributed by atoms with E-state index >= 15 is 0 Å². The maximum absolute atomic E-state index is 13.1. The van der Waals surface area contributed by atoms with Crippen molar-refractivity contribution < 1.29 is 4.42 Å². The summed E-state index contributed by atoms with van der Waals surface area (Å²) in [6, 6.07) is 19.2. The van der Waals surface area contributed by atoms with Gasteiger partial charge in [-0.2, -0.15) is 0 Å². The molecular formula is C19H11BrO2S. The van der Waals surface area contributed by atoms with E-state index in [0.717, 1.165) is 14.9 Å². The highest BCUT2D eigenvalue weighted by atomic mass is 79.9. The van der Waals surface area contributed by atoms with Gasteiger partial charge in [-0.3, -0.25) is 4.79 Å². The molecule has 0 atom stereocenters. The molecule has 2 aromatic heterocycles. The van der Waals surface area contributed by atoms with Gasteiger partial charge in [0.1, 0.15) is 11.3 Å². The molecule has 0 fully saturated rings. The quantitative estimate of drug-likeness (QED) is 0.428. The van der Waals surface area contributed by atoms with Crippen molar-refractivity contribution in [3.63, 3.8) is 0 Å². The highest BCUT2D eigenvalue weighted by molar-refractivity contribution is 9.10. The van der Waals surface area contributed by atoms with Gasteiger partial charge < -0.3 is 4.42 Å². The predicted molar refractivity (Wildman–Crippen MR) is 98.9 cm³/mol. The van der Waals surface area contributed by atoms with E-state index in [1.165, 1.54) is 0 Å². The van der Waals surface area contributed by atoms with E-state index in [1.54, 1.807) is 11.3 Å². The Bertz CT molecular complexity index is 1030. The largest absolute Gasteiger partial charge is 0.455 e. The molecule has 0 aliphatic rings. The minimum absolute atomic E-state index is 0.00569. The summed E-state index contributed by atoms with van der Waals surface area (Å²) in [4.78, 5) is 14.0. The zero-order chi connectivity index (χ0) is 15.8. The lowest BCUT2D eigenvalue weighted by molar-refractivity contribution is 0.621. The van der Waals surface area contributed by atoms with Crippen molar-refractivity contribution >= 4 is 38.2 Å². The Morgan fingerprint density at radius 1 is 0.957 bits per heavy atom. The molecule has 112 valence electrons. The van der Waals surface area contributed by atoms with Gasteiger partial charge in [0.25, 0.3) is 0 Å². The number of halogens is 1. The molecule has 2 nitrogen and oxygen atoms in total. The van der Waals surface area contributed by atoms with Gasteiger partial charge in [-0.05, 0) is 29.6 Å². The smallest absolute Gasteiger partial charge is 0.202 e. The first kappa shape index (κ1) is 14.4. The Morgan fingerprint density at radius 2 is 1.78 bits per heavy atom. The molecule has 2 heterocycles. The lowest BCUT2D eigenvalue weighted by atomic mass is 10.0. The summed E-state index contributed by atoms with van der Waals surface area (Å²) < 4.78 is 6.99. The molecule has 0 spiro atoms. The molecule has 23 heavy (non-hydrogen) atoms. The normalized spacial score (nSPS) is 11.0. The zero-order valence-electron chi connectivity index (χ0n) is 12.0. The van der Waals surface area contributed by atoms with Gasteiger partial charge in [0.05, 0.1) is 10.9 Å². The van der Waals surface area contributed by atoms with Crippen molar-refractivity contribution in [2.24, 2.45) is 0 Å². The highest BCUT2D eigenvalue weighted by Gasteiger charge is 2.18. The van der Waals surface area contributed by atoms with Crippen LogP contribution in [0.3, 0.4) is 0 Å². The molecule has 0 radical (unpaired) electrons. The fourth-order valence-electron chi connectivity index (χ4n) is 2.60. The molecule has 2 aromatic carbocycles. The molecular weight excluding hydrogens is 372 g/mol. The van der Waals surface area contributed by atoms with Crippen LogP contribution in [0, 0.1) is 0 Å². The Labute approximate surface area is 145 Å². The maximum Gasteiger partial charge on any atom is 0.202 e. The van der Waals surface area contributed by atoms with Crippen molar-refractivity contribution in [1.29, 1.82) is 0 Å². The van der Waals surface area contributed by atoms with Crippen LogP contribution in [0.15, 0.2) is 79.7 Å². The van der Waals surface area contributed by atoms with Crippen molar-refractivity contribution in [3.8, 4) is 21.8 Å².